The van der Waals surface area contributed by atoms with E-state index < -0.39 is 5.82 Å². The van der Waals surface area contributed by atoms with Crippen molar-refractivity contribution < 1.29 is 8.78 Å². The minimum absolute atomic E-state index is 0.301. The number of hydrogen-bond acceptors (Lipinski definition) is 3. The number of aromatic nitrogens is 3. The van der Waals surface area contributed by atoms with Crippen LogP contribution in [-0.2, 0) is 5.75 Å². The van der Waals surface area contributed by atoms with Crippen molar-refractivity contribution in [3.63, 3.8) is 0 Å². The predicted molar refractivity (Wildman–Crippen MR) is 108 cm³/mol. The maximum Gasteiger partial charge on any atom is 0.196 e. The highest BCUT2D eigenvalue weighted by atomic mass is 35.5. The Labute approximate surface area is 170 Å². The number of para-hydroxylation sites is 1. The lowest BCUT2D eigenvalue weighted by Crippen LogP contribution is -2.02. The first-order valence-corrected chi connectivity index (χ1v) is 9.82. The summed E-state index contributed by atoms with van der Waals surface area (Å²) >= 11 is 7.68. The van der Waals surface area contributed by atoms with Crippen molar-refractivity contribution in [1.29, 1.82) is 0 Å². The van der Waals surface area contributed by atoms with E-state index in [2.05, 4.69) is 10.2 Å². The van der Waals surface area contributed by atoms with Gasteiger partial charge in [0.05, 0.1) is 10.7 Å². The molecule has 0 N–H and O–H groups in total. The van der Waals surface area contributed by atoms with E-state index in [9.17, 15) is 8.78 Å². The summed E-state index contributed by atoms with van der Waals surface area (Å²) in [5.74, 6) is 0.207. The van der Waals surface area contributed by atoms with Gasteiger partial charge in [-0.15, -0.1) is 10.2 Å². The van der Waals surface area contributed by atoms with Gasteiger partial charge in [0.15, 0.2) is 11.0 Å². The van der Waals surface area contributed by atoms with Gasteiger partial charge < -0.3 is 0 Å². The fraction of sp³-hybridized carbons (Fsp3) is 0.0476. The molecule has 4 rings (SSSR count). The summed E-state index contributed by atoms with van der Waals surface area (Å²) in [6.45, 7) is 0. The van der Waals surface area contributed by atoms with E-state index in [1.54, 1.807) is 34.9 Å². The Balaban J connectivity index is 1.79. The quantitative estimate of drug-likeness (QED) is 0.367. The van der Waals surface area contributed by atoms with Crippen molar-refractivity contribution in [2.24, 2.45) is 0 Å². The molecule has 28 heavy (non-hydrogen) atoms. The largest absolute Gasteiger partial charge is 0.267 e. The first kappa shape index (κ1) is 18.7. The Kier molecular flexibility index (Phi) is 5.41. The maximum absolute atomic E-state index is 14.6. The van der Waals surface area contributed by atoms with Crippen LogP contribution < -0.4 is 0 Å². The molecule has 1 aromatic heterocycles. The van der Waals surface area contributed by atoms with Crippen LogP contribution in [0.25, 0.3) is 17.1 Å². The molecular weight excluding hydrogens is 400 g/mol. The van der Waals surface area contributed by atoms with E-state index in [0.29, 0.717) is 33.0 Å². The standard InChI is InChI=1S/C21H14ClF2N3S/c22-17-9-2-1-8-16(17)20-25-26-21(27(20)19-11-4-3-10-18(19)24)28-13-14-6-5-7-15(23)12-14/h1-12H,13H2. The summed E-state index contributed by atoms with van der Waals surface area (Å²) in [5.41, 5.74) is 1.77. The molecule has 0 aliphatic heterocycles. The molecule has 0 saturated carbocycles. The summed E-state index contributed by atoms with van der Waals surface area (Å²) in [4.78, 5) is 0. The normalized spacial score (nSPS) is 11.0. The summed E-state index contributed by atoms with van der Waals surface area (Å²) < 4.78 is 29.7. The van der Waals surface area contributed by atoms with Crippen LogP contribution in [0, 0.1) is 11.6 Å². The number of benzene rings is 3. The van der Waals surface area contributed by atoms with Crippen LogP contribution in [-0.4, -0.2) is 14.8 Å². The van der Waals surface area contributed by atoms with Crippen molar-refractivity contribution in [2.45, 2.75) is 10.9 Å². The third kappa shape index (κ3) is 3.79. The Morgan fingerprint density at radius 2 is 1.68 bits per heavy atom. The van der Waals surface area contributed by atoms with Crippen molar-refractivity contribution >= 4 is 23.4 Å². The highest BCUT2D eigenvalue weighted by molar-refractivity contribution is 7.98. The zero-order valence-corrected chi connectivity index (χ0v) is 16.1. The molecule has 0 bridgehead atoms. The van der Waals surface area contributed by atoms with Gasteiger partial charge in [0.25, 0.3) is 0 Å². The molecular formula is C21H14ClF2N3S. The van der Waals surface area contributed by atoms with E-state index in [1.807, 2.05) is 24.3 Å². The third-order valence-electron chi connectivity index (χ3n) is 4.10. The lowest BCUT2D eigenvalue weighted by molar-refractivity contribution is 0.613. The van der Waals surface area contributed by atoms with Gasteiger partial charge in [-0.1, -0.05) is 59.8 Å². The fourth-order valence-corrected chi connectivity index (χ4v) is 3.91. The lowest BCUT2D eigenvalue weighted by atomic mass is 10.2. The van der Waals surface area contributed by atoms with Crippen LogP contribution in [0.4, 0.5) is 8.78 Å². The number of thioether (sulfide) groups is 1. The molecule has 0 saturated heterocycles. The van der Waals surface area contributed by atoms with Gasteiger partial charge in [-0.3, -0.25) is 4.57 Å². The average Bonchev–Trinajstić information content (AvgIpc) is 3.11. The maximum atomic E-state index is 14.6. The highest BCUT2D eigenvalue weighted by Crippen LogP contribution is 2.33. The molecule has 0 amide bonds. The van der Waals surface area contributed by atoms with E-state index >= 15 is 0 Å². The molecule has 0 atom stereocenters. The van der Waals surface area contributed by atoms with Crippen LogP contribution in [0.3, 0.4) is 0 Å². The monoisotopic (exact) mass is 413 g/mol. The smallest absolute Gasteiger partial charge is 0.196 e. The minimum Gasteiger partial charge on any atom is -0.267 e. The van der Waals surface area contributed by atoms with Gasteiger partial charge in [0.2, 0.25) is 0 Å². The third-order valence-corrected chi connectivity index (χ3v) is 5.43. The van der Waals surface area contributed by atoms with Gasteiger partial charge in [-0.25, -0.2) is 8.78 Å². The van der Waals surface area contributed by atoms with Gasteiger partial charge in [0.1, 0.15) is 11.6 Å². The number of halogens is 3. The molecule has 3 nitrogen and oxygen atoms in total. The van der Waals surface area contributed by atoms with Crippen LogP contribution in [0.15, 0.2) is 78.0 Å². The first-order chi connectivity index (χ1) is 13.6. The Hall–Kier alpha value is -2.70. The van der Waals surface area contributed by atoms with E-state index in [-0.39, 0.29) is 5.82 Å². The molecule has 0 spiro atoms. The Morgan fingerprint density at radius 1 is 0.893 bits per heavy atom. The molecule has 1 heterocycles. The van der Waals surface area contributed by atoms with Crippen molar-refractivity contribution in [2.75, 3.05) is 0 Å². The predicted octanol–water partition coefficient (Wildman–Crippen LogP) is 6.16. The SMILES string of the molecule is Fc1cccc(CSc2nnc(-c3ccccc3Cl)n2-c2ccccc2F)c1. The number of hydrogen-bond donors (Lipinski definition) is 0. The van der Waals surface area contributed by atoms with Gasteiger partial charge in [0, 0.05) is 11.3 Å². The molecule has 140 valence electrons. The van der Waals surface area contributed by atoms with Crippen molar-refractivity contribution in [1.82, 2.24) is 14.8 Å². The molecule has 0 aliphatic rings. The molecule has 4 aromatic rings. The summed E-state index contributed by atoms with van der Waals surface area (Å²) in [6.07, 6.45) is 0. The molecule has 0 fully saturated rings. The summed E-state index contributed by atoms with van der Waals surface area (Å²) in [7, 11) is 0. The van der Waals surface area contributed by atoms with Crippen LogP contribution in [0.2, 0.25) is 5.02 Å². The Bertz CT molecular complexity index is 1130. The van der Waals surface area contributed by atoms with Gasteiger partial charge in [-0.05, 0) is 42.0 Å². The first-order valence-electron chi connectivity index (χ1n) is 8.46. The molecule has 0 aliphatic carbocycles. The zero-order valence-electron chi connectivity index (χ0n) is 14.5. The molecule has 0 unspecified atom stereocenters. The molecule has 7 heteroatoms. The second kappa shape index (κ2) is 8.12. The van der Waals surface area contributed by atoms with E-state index in [0.717, 1.165) is 5.56 Å². The second-order valence-electron chi connectivity index (χ2n) is 5.99. The van der Waals surface area contributed by atoms with Crippen LogP contribution in [0.1, 0.15) is 5.56 Å². The number of rotatable bonds is 5. The second-order valence-corrected chi connectivity index (χ2v) is 7.34. The van der Waals surface area contributed by atoms with E-state index in [1.165, 1.54) is 30.0 Å². The minimum atomic E-state index is -0.400. The fourth-order valence-electron chi connectivity index (χ4n) is 2.81. The lowest BCUT2D eigenvalue weighted by Gasteiger charge is -2.12. The topological polar surface area (TPSA) is 30.7 Å². The summed E-state index contributed by atoms with van der Waals surface area (Å²) in [5, 5.41) is 9.49. The van der Waals surface area contributed by atoms with Crippen molar-refractivity contribution in [3.8, 4) is 17.1 Å². The summed E-state index contributed by atoms with van der Waals surface area (Å²) in [6, 6.07) is 20.0. The average molecular weight is 414 g/mol. The molecule has 0 radical (unpaired) electrons. The van der Waals surface area contributed by atoms with Crippen LogP contribution >= 0.6 is 23.4 Å². The van der Waals surface area contributed by atoms with Gasteiger partial charge in [-0.2, -0.15) is 0 Å². The van der Waals surface area contributed by atoms with Crippen LogP contribution in [0.5, 0.6) is 0 Å². The van der Waals surface area contributed by atoms with Gasteiger partial charge >= 0.3 is 0 Å². The Morgan fingerprint density at radius 3 is 2.46 bits per heavy atom. The highest BCUT2D eigenvalue weighted by Gasteiger charge is 2.20. The molecule has 3 aromatic carbocycles. The van der Waals surface area contributed by atoms with E-state index in [4.69, 9.17) is 11.6 Å². The van der Waals surface area contributed by atoms with Crippen molar-refractivity contribution in [3.05, 3.63) is 95.0 Å². The number of nitrogens with zero attached hydrogens (tertiary/aromatic N) is 3. The zero-order chi connectivity index (χ0) is 19.5.